The Morgan fingerprint density at radius 2 is 1.21 bits per heavy atom. The fraction of sp³-hybridized carbons (Fsp3) is 0.560. The van der Waals surface area contributed by atoms with Gasteiger partial charge in [-0.25, -0.2) is 0 Å². The van der Waals surface area contributed by atoms with E-state index >= 15 is 0 Å². The van der Waals surface area contributed by atoms with Gasteiger partial charge in [0.25, 0.3) is 0 Å². The van der Waals surface area contributed by atoms with E-state index in [-0.39, 0.29) is 32.3 Å². The van der Waals surface area contributed by atoms with Crippen LogP contribution >= 0.6 is 23.5 Å². The van der Waals surface area contributed by atoms with E-state index in [0.717, 1.165) is 74.9 Å². The van der Waals surface area contributed by atoms with E-state index in [4.69, 9.17) is 4.74 Å². The predicted octanol–water partition coefficient (Wildman–Crippen LogP) is 7.33. The Morgan fingerprint density at radius 1 is 0.735 bits per heavy atom. The Bertz CT molecular complexity index is 848. The first-order chi connectivity index (χ1) is 16.5. The number of carbonyl (C=O) groups excluding carboxylic acids is 2. The molecule has 0 aliphatic heterocycles. The molecule has 1 aromatic heterocycles. The van der Waals surface area contributed by atoms with Crippen LogP contribution in [0.4, 0.5) is 0 Å². The van der Waals surface area contributed by atoms with Crippen molar-refractivity contribution in [2.45, 2.75) is 101 Å². The minimum atomic E-state index is -0.0171. The molecule has 0 radical (unpaired) electrons. The number of ether oxygens (including phenoxy) is 1. The summed E-state index contributed by atoms with van der Waals surface area (Å²) in [5.41, 5.74) is 0. The van der Waals surface area contributed by atoms with Crippen LogP contribution in [0.1, 0.15) is 90.9 Å². The topological polar surface area (TPSA) is 102 Å². The quantitative estimate of drug-likeness (QED) is 0.185. The molecule has 0 spiro atoms. The number of aromatic nitrogens is 3. The lowest BCUT2D eigenvalue weighted by Gasteiger charge is -2.07. The Kier molecular flexibility index (Phi) is 13.6. The average molecular weight is 506 g/mol. The fourth-order valence-corrected chi connectivity index (χ4v) is 4.60. The highest BCUT2D eigenvalue weighted by molar-refractivity contribution is 8.14. The molecule has 2 rings (SSSR count). The van der Waals surface area contributed by atoms with Gasteiger partial charge in [-0.15, -0.1) is 0 Å². The largest absolute Gasteiger partial charge is 0.508 e. The van der Waals surface area contributed by atoms with Crippen molar-refractivity contribution in [2.75, 3.05) is 0 Å². The first-order valence-corrected chi connectivity index (χ1v) is 13.8. The number of phenolic OH excluding ortho intramolecular Hbond substituents is 1. The summed E-state index contributed by atoms with van der Waals surface area (Å²) in [6.45, 7) is 4.32. The van der Waals surface area contributed by atoms with Crippen LogP contribution in [0.5, 0.6) is 17.5 Å². The lowest BCUT2D eigenvalue weighted by atomic mass is 10.1. The van der Waals surface area contributed by atoms with Gasteiger partial charge in [-0.3, -0.25) is 9.59 Å². The van der Waals surface area contributed by atoms with Crippen molar-refractivity contribution < 1.29 is 19.4 Å². The van der Waals surface area contributed by atoms with E-state index < -0.39 is 0 Å². The maximum absolute atomic E-state index is 12.4. The van der Waals surface area contributed by atoms with E-state index in [9.17, 15) is 14.7 Å². The molecular weight excluding hydrogens is 470 g/mol. The van der Waals surface area contributed by atoms with E-state index in [2.05, 4.69) is 28.8 Å². The van der Waals surface area contributed by atoms with Gasteiger partial charge < -0.3 is 9.84 Å². The van der Waals surface area contributed by atoms with Crippen LogP contribution in [0, 0.1) is 0 Å². The number of benzene rings is 1. The lowest BCUT2D eigenvalue weighted by molar-refractivity contribution is -0.111. The van der Waals surface area contributed by atoms with Crippen LogP contribution in [0.25, 0.3) is 0 Å². The molecule has 7 nitrogen and oxygen atoms in total. The third-order valence-corrected chi connectivity index (χ3v) is 6.59. The normalized spacial score (nSPS) is 10.9. The molecular formula is C25H35N3O4S2. The van der Waals surface area contributed by atoms with Crippen molar-refractivity contribution in [3.63, 3.8) is 0 Å². The number of phenols is 1. The summed E-state index contributed by atoms with van der Waals surface area (Å²) in [5.74, 6) is 0.546. The smallest absolute Gasteiger partial charge is 0.327 e. The van der Waals surface area contributed by atoms with E-state index in [1.165, 1.54) is 25.0 Å². The van der Waals surface area contributed by atoms with Gasteiger partial charge in [-0.05, 0) is 60.6 Å². The van der Waals surface area contributed by atoms with Crippen LogP contribution in [0.2, 0.25) is 0 Å². The highest BCUT2D eigenvalue weighted by Crippen LogP contribution is 2.27. The third-order valence-electron chi connectivity index (χ3n) is 5.00. The summed E-state index contributed by atoms with van der Waals surface area (Å²) < 4.78 is 5.71. The van der Waals surface area contributed by atoms with Crippen LogP contribution in [-0.4, -0.2) is 30.3 Å². The van der Waals surface area contributed by atoms with Crippen molar-refractivity contribution >= 4 is 33.8 Å². The molecule has 0 saturated carbocycles. The summed E-state index contributed by atoms with van der Waals surface area (Å²) in [7, 11) is 0. The van der Waals surface area contributed by atoms with Crippen molar-refractivity contribution in [1.82, 2.24) is 15.0 Å². The van der Waals surface area contributed by atoms with Gasteiger partial charge in [-0.1, -0.05) is 65.2 Å². The summed E-state index contributed by atoms with van der Waals surface area (Å²) >= 11 is 1.91. The van der Waals surface area contributed by atoms with Gasteiger partial charge in [0, 0.05) is 12.8 Å². The van der Waals surface area contributed by atoms with E-state index in [1.807, 2.05) is 0 Å². The number of rotatable bonds is 16. The van der Waals surface area contributed by atoms with Crippen LogP contribution < -0.4 is 4.74 Å². The summed E-state index contributed by atoms with van der Waals surface area (Å²) in [4.78, 5) is 37.7. The minimum absolute atomic E-state index is 0.0113. The molecule has 0 bridgehead atoms. The molecule has 1 heterocycles. The number of aromatic hydroxyl groups is 1. The van der Waals surface area contributed by atoms with Gasteiger partial charge in [0.05, 0.1) is 0 Å². The van der Waals surface area contributed by atoms with E-state index in [1.54, 1.807) is 12.1 Å². The van der Waals surface area contributed by atoms with Gasteiger partial charge in [0.1, 0.15) is 11.5 Å². The first-order valence-electron chi connectivity index (χ1n) is 12.1. The molecule has 0 atom stereocenters. The minimum Gasteiger partial charge on any atom is -0.508 e. The molecule has 0 unspecified atom stereocenters. The number of carbonyl (C=O) groups is 2. The second-order valence-corrected chi connectivity index (χ2v) is 10.1. The number of hydrogen-bond donors (Lipinski definition) is 1. The monoisotopic (exact) mass is 505 g/mol. The van der Waals surface area contributed by atoms with Gasteiger partial charge in [0.15, 0.2) is 10.2 Å². The van der Waals surface area contributed by atoms with Crippen molar-refractivity contribution in [2.24, 2.45) is 0 Å². The predicted molar refractivity (Wildman–Crippen MR) is 136 cm³/mol. The van der Waals surface area contributed by atoms with Gasteiger partial charge in [-0.2, -0.15) is 15.0 Å². The first kappa shape index (κ1) is 28.1. The fourth-order valence-electron chi connectivity index (χ4n) is 3.13. The lowest BCUT2D eigenvalue weighted by Crippen LogP contribution is -2.03. The van der Waals surface area contributed by atoms with Gasteiger partial charge in [0.2, 0.25) is 10.3 Å². The zero-order valence-electron chi connectivity index (χ0n) is 20.1. The second kappa shape index (κ2) is 16.5. The van der Waals surface area contributed by atoms with Crippen LogP contribution in [0.15, 0.2) is 34.6 Å². The molecule has 1 N–H and O–H groups in total. The molecule has 186 valence electrons. The molecule has 9 heteroatoms. The molecule has 0 saturated heterocycles. The molecule has 2 aromatic rings. The Balaban J connectivity index is 2.03. The molecule has 1 aromatic carbocycles. The molecule has 0 amide bonds. The van der Waals surface area contributed by atoms with Crippen molar-refractivity contribution in [3.05, 3.63) is 24.3 Å². The summed E-state index contributed by atoms with van der Waals surface area (Å²) in [6, 6.07) is 6.17. The molecule has 0 aliphatic rings. The van der Waals surface area contributed by atoms with Gasteiger partial charge >= 0.3 is 6.01 Å². The Morgan fingerprint density at radius 3 is 1.68 bits per heavy atom. The Labute approximate surface area is 210 Å². The molecule has 0 fully saturated rings. The second-order valence-electron chi connectivity index (χ2n) is 8.06. The zero-order valence-corrected chi connectivity index (χ0v) is 21.8. The standard InChI is InChI=1S/C25H35N3O4S2/c1-3-5-7-9-11-13-21(30)33-24-26-23(32-20-17-15-19(29)16-18-20)27-25(28-24)34-22(31)14-12-10-8-6-4-2/h15-18,29H,3-14H2,1-2H3. The average Bonchev–Trinajstić information content (AvgIpc) is 2.80. The zero-order chi connectivity index (χ0) is 24.6. The Hall–Kier alpha value is -2.13. The summed E-state index contributed by atoms with van der Waals surface area (Å²) in [6.07, 6.45) is 11.6. The SMILES string of the molecule is CCCCCCCC(=O)Sc1nc(Oc2ccc(O)cc2)nc(SC(=O)CCCCCCC)n1. The van der Waals surface area contributed by atoms with Crippen LogP contribution in [-0.2, 0) is 9.59 Å². The molecule has 34 heavy (non-hydrogen) atoms. The number of nitrogens with zero attached hydrogens (tertiary/aromatic N) is 3. The van der Waals surface area contributed by atoms with Crippen molar-refractivity contribution in [3.8, 4) is 17.5 Å². The van der Waals surface area contributed by atoms with Crippen LogP contribution in [0.3, 0.4) is 0 Å². The van der Waals surface area contributed by atoms with Crippen molar-refractivity contribution in [1.29, 1.82) is 0 Å². The number of thioether (sulfide) groups is 2. The number of unbranched alkanes of at least 4 members (excludes halogenated alkanes) is 8. The summed E-state index contributed by atoms with van der Waals surface area (Å²) in [5, 5.41) is 9.88. The highest BCUT2D eigenvalue weighted by atomic mass is 32.2. The number of hydrogen-bond acceptors (Lipinski definition) is 9. The maximum Gasteiger partial charge on any atom is 0.327 e. The maximum atomic E-state index is 12.4. The highest BCUT2D eigenvalue weighted by Gasteiger charge is 2.16. The van der Waals surface area contributed by atoms with E-state index in [0.29, 0.717) is 18.6 Å². The molecule has 0 aliphatic carbocycles. The third kappa shape index (κ3) is 11.8.